The number of aliphatic imine (C=N–C) groups is 1. The van der Waals surface area contributed by atoms with Crippen LogP contribution >= 0.6 is 12.4 Å². The monoisotopic (exact) mass is 213 g/mol. The Hall–Kier alpha value is -1.22. The summed E-state index contributed by atoms with van der Waals surface area (Å²) in [6, 6.07) is 6.13. The Kier molecular flexibility index (Phi) is 5.02. The molecule has 0 aliphatic carbocycles. The number of rotatable bonds is 2. The van der Waals surface area contributed by atoms with Crippen molar-refractivity contribution in [3.8, 4) is 0 Å². The lowest BCUT2D eigenvalue weighted by Crippen LogP contribution is -2.22. The van der Waals surface area contributed by atoms with Crippen molar-refractivity contribution in [1.29, 1.82) is 0 Å². The van der Waals surface area contributed by atoms with Crippen LogP contribution in [-0.4, -0.2) is 5.96 Å². The molecule has 4 N–H and O–H groups in total. The number of hydrogen-bond acceptors (Lipinski definition) is 1. The lowest BCUT2D eigenvalue weighted by atomic mass is 10.0. The quantitative estimate of drug-likeness (QED) is 0.578. The van der Waals surface area contributed by atoms with Crippen LogP contribution in [0.2, 0.25) is 0 Å². The van der Waals surface area contributed by atoms with Gasteiger partial charge in [0.1, 0.15) is 0 Å². The number of hydrogen-bond donors (Lipinski definition) is 2. The van der Waals surface area contributed by atoms with E-state index in [4.69, 9.17) is 11.5 Å². The molecule has 0 saturated carbocycles. The second-order valence-electron chi connectivity index (χ2n) is 3.10. The van der Waals surface area contributed by atoms with Gasteiger partial charge >= 0.3 is 0 Å². The molecule has 0 spiro atoms. The molecule has 0 saturated heterocycles. The van der Waals surface area contributed by atoms with Gasteiger partial charge in [0.05, 0.1) is 6.54 Å². The zero-order valence-corrected chi connectivity index (χ0v) is 9.27. The molecular weight excluding hydrogens is 198 g/mol. The van der Waals surface area contributed by atoms with Crippen molar-refractivity contribution in [1.82, 2.24) is 0 Å². The minimum absolute atomic E-state index is 0. The molecule has 0 atom stereocenters. The van der Waals surface area contributed by atoms with E-state index in [0.29, 0.717) is 6.54 Å². The minimum atomic E-state index is 0. The third-order valence-electron chi connectivity index (χ3n) is 2.15. The highest BCUT2D eigenvalue weighted by Gasteiger charge is 1.98. The van der Waals surface area contributed by atoms with Gasteiger partial charge in [0.2, 0.25) is 0 Å². The van der Waals surface area contributed by atoms with E-state index in [1.54, 1.807) is 0 Å². The first kappa shape index (κ1) is 12.8. The predicted molar refractivity (Wildman–Crippen MR) is 62.7 cm³/mol. The number of guanidine groups is 1. The van der Waals surface area contributed by atoms with Crippen LogP contribution in [0.1, 0.15) is 16.7 Å². The third kappa shape index (κ3) is 3.26. The molecule has 0 bridgehead atoms. The maximum atomic E-state index is 5.26. The summed E-state index contributed by atoms with van der Waals surface area (Å²) in [5.74, 6) is 0.140. The highest BCUT2D eigenvalue weighted by Crippen LogP contribution is 2.13. The fourth-order valence-electron chi connectivity index (χ4n) is 1.16. The normalized spacial score (nSPS) is 9.00. The second kappa shape index (κ2) is 5.50. The third-order valence-corrected chi connectivity index (χ3v) is 2.15. The van der Waals surface area contributed by atoms with Crippen LogP contribution in [0.15, 0.2) is 23.2 Å². The average molecular weight is 214 g/mol. The van der Waals surface area contributed by atoms with E-state index in [-0.39, 0.29) is 18.4 Å². The highest BCUT2D eigenvalue weighted by atomic mass is 35.5. The van der Waals surface area contributed by atoms with E-state index in [1.807, 2.05) is 12.1 Å². The van der Waals surface area contributed by atoms with E-state index >= 15 is 0 Å². The topological polar surface area (TPSA) is 64.4 Å². The van der Waals surface area contributed by atoms with Gasteiger partial charge < -0.3 is 11.5 Å². The zero-order chi connectivity index (χ0) is 9.84. The lowest BCUT2D eigenvalue weighted by Gasteiger charge is -2.05. The second-order valence-corrected chi connectivity index (χ2v) is 3.10. The first-order valence-corrected chi connectivity index (χ1v) is 4.21. The van der Waals surface area contributed by atoms with Crippen molar-refractivity contribution < 1.29 is 0 Å². The number of halogens is 1. The number of benzene rings is 1. The summed E-state index contributed by atoms with van der Waals surface area (Å²) in [5.41, 5.74) is 14.2. The number of nitrogens with zero attached hydrogens (tertiary/aromatic N) is 1. The zero-order valence-electron chi connectivity index (χ0n) is 8.45. The largest absolute Gasteiger partial charge is 0.370 e. The Morgan fingerprint density at radius 1 is 1.29 bits per heavy atom. The molecule has 3 nitrogen and oxygen atoms in total. The molecule has 1 rings (SSSR count). The molecule has 0 aromatic heterocycles. The Labute approximate surface area is 90.6 Å². The Balaban J connectivity index is 0.00000169. The first-order chi connectivity index (χ1) is 6.11. The lowest BCUT2D eigenvalue weighted by molar-refractivity contribution is 1.03. The van der Waals surface area contributed by atoms with Gasteiger partial charge in [-0.05, 0) is 30.5 Å². The summed E-state index contributed by atoms with van der Waals surface area (Å²) in [5, 5.41) is 0. The van der Waals surface area contributed by atoms with Crippen LogP contribution in [0, 0.1) is 13.8 Å². The number of nitrogens with two attached hydrogens (primary N) is 2. The molecule has 1 aromatic rings. The molecule has 14 heavy (non-hydrogen) atoms. The van der Waals surface area contributed by atoms with Gasteiger partial charge in [-0.2, -0.15) is 0 Å². The summed E-state index contributed by atoms with van der Waals surface area (Å²) < 4.78 is 0. The van der Waals surface area contributed by atoms with E-state index < -0.39 is 0 Å². The van der Waals surface area contributed by atoms with E-state index in [1.165, 1.54) is 16.7 Å². The fraction of sp³-hybridized carbons (Fsp3) is 0.300. The summed E-state index contributed by atoms with van der Waals surface area (Å²) in [7, 11) is 0. The van der Waals surface area contributed by atoms with Crippen LogP contribution in [-0.2, 0) is 6.54 Å². The molecule has 0 unspecified atom stereocenters. The Morgan fingerprint density at radius 3 is 2.50 bits per heavy atom. The smallest absolute Gasteiger partial charge is 0.186 e. The molecule has 0 amide bonds. The van der Waals surface area contributed by atoms with Gasteiger partial charge in [0, 0.05) is 0 Å². The van der Waals surface area contributed by atoms with Gasteiger partial charge in [-0.25, -0.2) is 4.99 Å². The predicted octanol–water partition coefficient (Wildman–Crippen LogP) is 1.50. The van der Waals surface area contributed by atoms with Gasteiger partial charge in [0.15, 0.2) is 5.96 Å². The molecule has 1 aromatic carbocycles. The van der Waals surface area contributed by atoms with E-state index in [9.17, 15) is 0 Å². The molecule has 0 aliphatic rings. The molecule has 0 radical (unpaired) electrons. The molecule has 4 heteroatoms. The van der Waals surface area contributed by atoms with E-state index in [0.717, 1.165) is 0 Å². The highest BCUT2D eigenvalue weighted by molar-refractivity contribution is 5.85. The number of aryl methyl sites for hydroxylation is 1. The van der Waals surface area contributed by atoms with Crippen LogP contribution in [0.5, 0.6) is 0 Å². The molecular formula is C10H16ClN3. The van der Waals surface area contributed by atoms with Crippen molar-refractivity contribution in [3.63, 3.8) is 0 Å². The molecule has 78 valence electrons. The van der Waals surface area contributed by atoms with Crippen LogP contribution in [0.3, 0.4) is 0 Å². The van der Waals surface area contributed by atoms with Gasteiger partial charge in [0.25, 0.3) is 0 Å². The van der Waals surface area contributed by atoms with Crippen molar-refractivity contribution in [2.75, 3.05) is 0 Å². The SMILES string of the molecule is Cc1cccc(CN=C(N)N)c1C.Cl. The summed E-state index contributed by atoms with van der Waals surface area (Å²) in [4.78, 5) is 3.97. The standard InChI is InChI=1S/C10H15N3.ClH/c1-7-4-3-5-9(8(7)2)6-13-10(11)12;/h3-5H,6H2,1-2H3,(H4,11,12,13);1H. The summed E-state index contributed by atoms with van der Waals surface area (Å²) in [6.45, 7) is 4.72. The minimum Gasteiger partial charge on any atom is -0.370 e. The first-order valence-electron chi connectivity index (χ1n) is 4.21. The molecule has 0 aliphatic heterocycles. The maximum Gasteiger partial charge on any atom is 0.186 e. The van der Waals surface area contributed by atoms with Crippen molar-refractivity contribution >= 4 is 18.4 Å². The van der Waals surface area contributed by atoms with Crippen molar-refractivity contribution in [3.05, 3.63) is 34.9 Å². The van der Waals surface area contributed by atoms with Gasteiger partial charge in [-0.15, -0.1) is 12.4 Å². The summed E-state index contributed by atoms with van der Waals surface area (Å²) >= 11 is 0. The molecule has 0 heterocycles. The van der Waals surface area contributed by atoms with Crippen LogP contribution < -0.4 is 11.5 Å². The average Bonchev–Trinajstić information content (AvgIpc) is 2.07. The van der Waals surface area contributed by atoms with Gasteiger partial charge in [-0.1, -0.05) is 18.2 Å². The Bertz CT molecular complexity index is 330. The van der Waals surface area contributed by atoms with Crippen LogP contribution in [0.25, 0.3) is 0 Å². The Morgan fingerprint density at radius 2 is 1.93 bits per heavy atom. The van der Waals surface area contributed by atoms with Gasteiger partial charge in [-0.3, -0.25) is 0 Å². The van der Waals surface area contributed by atoms with E-state index in [2.05, 4.69) is 24.9 Å². The maximum absolute atomic E-state index is 5.26. The van der Waals surface area contributed by atoms with Crippen LogP contribution in [0.4, 0.5) is 0 Å². The van der Waals surface area contributed by atoms with Crippen molar-refractivity contribution in [2.45, 2.75) is 20.4 Å². The van der Waals surface area contributed by atoms with Crippen molar-refractivity contribution in [2.24, 2.45) is 16.5 Å². The molecule has 0 fully saturated rings. The summed E-state index contributed by atoms with van der Waals surface area (Å²) in [6.07, 6.45) is 0. The fourth-order valence-corrected chi connectivity index (χ4v) is 1.16.